The standard InChI is InChI=1S/C18H26F2N4O3/c1-3-21-18(23-12-16(25)24-8-4-5-9-24)22-11-13-10-14(26-2)6-7-15(13)27-17(19)20/h6-7,10,17H,3-5,8-9,11-12H2,1-2H3,(H2,21,22,23). The number of alkyl halides is 2. The van der Waals surface area contributed by atoms with Gasteiger partial charge in [-0.05, 0) is 38.0 Å². The topological polar surface area (TPSA) is 75.2 Å². The maximum Gasteiger partial charge on any atom is 0.387 e. The van der Waals surface area contributed by atoms with Crippen LogP contribution in [0.25, 0.3) is 0 Å². The molecule has 2 rings (SSSR count). The summed E-state index contributed by atoms with van der Waals surface area (Å²) < 4.78 is 34.9. The van der Waals surface area contributed by atoms with Crippen LogP contribution in [0.4, 0.5) is 8.78 Å². The average Bonchev–Trinajstić information content (AvgIpc) is 3.19. The van der Waals surface area contributed by atoms with E-state index in [4.69, 9.17) is 4.74 Å². The SMILES string of the molecule is CCNC(=NCc1cc(OC)ccc1OC(F)F)NCC(=O)N1CCCC1. The van der Waals surface area contributed by atoms with E-state index < -0.39 is 6.61 Å². The molecule has 0 aromatic heterocycles. The van der Waals surface area contributed by atoms with Gasteiger partial charge in [0.25, 0.3) is 0 Å². The average molecular weight is 384 g/mol. The van der Waals surface area contributed by atoms with Gasteiger partial charge in [0.15, 0.2) is 5.96 Å². The summed E-state index contributed by atoms with van der Waals surface area (Å²) in [5, 5.41) is 6.02. The zero-order valence-electron chi connectivity index (χ0n) is 15.6. The van der Waals surface area contributed by atoms with Crippen LogP contribution < -0.4 is 20.1 Å². The van der Waals surface area contributed by atoms with Crippen LogP contribution in [-0.4, -0.2) is 56.7 Å². The molecule has 9 heteroatoms. The van der Waals surface area contributed by atoms with Crippen LogP contribution in [0.15, 0.2) is 23.2 Å². The number of carbonyl (C=O) groups excluding carboxylic acids is 1. The molecular formula is C18H26F2N4O3. The number of rotatable bonds is 8. The lowest BCUT2D eigenvalue weighted by Gasteiger charge is -2.17. The van der Waals surface area contributed by atoms with Gasteiger partial charge in [-0.1, -0.05) is 0 Å². The fraction of sp³-hybridized carbons (Fsp3) is 0.556. The van der Waals surface area contributed by atoms with E-state index in [0.717, 1.165) is 25.9 Å². The number of carbonyl (C=O) groups is 1. The zero-order chi connectivity index (χ0) is 19.6. The first-order valence-electron chi connectivity index (χ1n) is 8.95. The van der Waals surface area contributed by atoms with E-state index in [1.165, 1.54) is 13.2 Å². The third-order valence-electron chi connectivity index (χ3n) is 4.10. The molecule has 0 spiro atoms. The van der Waals surface area contributed by atoms with Gasteiger partial charge in [-0.3, -0.25) is 4.79 Å². The molecule has 1 aliphatic rings. The number of guanidine groups is 1. The van der Waals surface area contributed by atoms with Gasteiger partial charge < -0.3 is 25.0 Å². The Labute approximate surface area is 157 Å². The molecular weight excluding hydrogens is 358 g/mol. The maximum absolute atomic E-state index is 12.6. The van der Waals surface area contributed by atoms with Crippen molar-refractivity contribution in [2.75, 3.05) is 33.3 Å². The molecule has 2 N–H and O–H groups in total. The first-order valence-corrected chi connectivity index (χ1v) is 8.95. The van der Waals surface area contributed by atoms with Gasteiger partial charge in [0.05, 0.1) is 20.2 Å². The maximum atomic E-state index is 12.6. The van der Waals surface area contributed by atoms with E-state index in [-0.39, 0.29) is 24.7 Å². The van der Waals surface area contributed by atoms with Crippen LogP contribution in [0.5, 0.6) is 11.5 Å². The van der Waals surface area contributed by atoms with Gasteiger partial charge in [-0.15, -0.1) is 0 Å². The Balaban J connectivity index is 2.05. The summed E-state index contributed by atoms with van der Waals surface area (Å²) in [6.45, 7) is 1.36. The van der Waals surface area contributed by atoms with Crippen molar-refractivity contribution in [1.82, 2.24) is 15.5 Å². The van der Waals surface area contributed by atoms with Gasteiger partial charge in [-0.25, -0.2) is 4.99 Å². The monoisotopic (exact) mass is 384 g/mol. The summed E-state index contributed by atoms with van der Waals surface area (Å²) in [6, 6.07) is 4.57. The minimum atomic E-state index is -2.93. The molecule has 1 aliphatic heterocycles. The first kappa shape index (κ1) is 20.7. The number of nitrogens with one attached hydrogen (secondary N) is 2. The van der Waals surface area contributed by atoms with Gasteiger partial charge in [0, 0.05) is 25.2 Å². The molecule has 1 saturated heterocycles. The molecule has 0 atom stereocenters. The second-order valence-electron chi connectivity index (χ2n) is 5.99. The van der Waals surface area contributed by atoms with Crippen molar-refractivity contribution in [3.8, 4) is 11.5 Å². The Hall–Kier alpha value is -2.58. The number of amides is 1. The lowest BCUT2D eigenvalue weighted by atomic mass is 10.2. The zero-order valence-corrected chi connectivity index (χ0v) is 15.6. The van der Waals surface area contributed by atoms with Crippen molar-refractivity contribution in [3.05, 3.63) is 23.8 Å². The molecule has 27 heavy (non-hydrogen) atoms. The van der Waals surface area contributed by atoms with Crippen molar-refractivity contribution in [3.63, 3.8) is 0 Å². The fourth-order valence-corrected chi connectivity index (χ4v) is 2.76. The normalized spacial score (nSPS) is 14.4. The molecule has 150 valence electrons. The second-order valence-corrected chi connectivity index (χ2v) is 5.99. The van der Waals surface area contributed by atoms with Crippen LogP contribution in [-0.2, 0) is 11.3 Å². The highest BCUT2D eigenvalue weighted by atomic mass is 19.3. The van der Waals surface area contributed by atoms with Crippen molar-refractivity contribution in [1.29, 1.82) is 0 Å². The lowest BCUT2D eigenvalue weighted by Crippen LogP contribution is -2.44. The Morgan fingerprint density at radius 3 is 2.67 bits per heavy atom. The van der Waals surface area contributed by atoms with Crippen molar-refractivity contribution >= 4 is 11.9 Å². The molecule has 1 aromatic rings. The number of aliphatic imine (C=N–C) groups is 1. The molecule has 0 bridgehead atoms. The molecule has 1 amide bonds. The molecule has 0 saturated carbocycles. The minimum absolute atomic E-state index is 0.0150. The highest BCUT2D eigenvalue weighted by Gasteiger charge is 2.18. The molecule has 1 aromatic carbocycles. The number of hydrogen-bond donors (Lipinski definition) is 2. The van der Waals surface area contributed by atoms with E-state index in [2.05, 4.69) is 20.4 Å². The molecule has 7 nitrogen and oxygen atoms in total. The molecule has 1 fully saturated rings. The number of hydrogen-bond acceptors (Lipinski definition) is 4. The van der Waals surface area contributed by atoms with E-state index in [1.807, 2.05) is 11.8 Å². The Morgan fingerprint density at radius 1 is 1.30 bits per heavy atom. The van der Waals surface area contributed by atoms with Gasteiger partial charge in [0.2, 0.25) is 5.91 Å². The molecule has 0 radical (unpaired) electrons. The Kier molecular flexibility index (Phi) is 8.09. The number of ether oxygens (including phenoxy) is 2. The van der Waals surface area contributed by atoms with Crippen molar-refractivity contribution in [2.24, 2.45) is 4.99 Å². The molecule has 0 unspecified atom stereocenters. The van der Waals surface area contributed by atoms with E-state index in [1.54, 1.807) is 12.1 Å². The van der Waals surface area contributed by atoms with Crippen molar-refractivity contribution in [2.45, 2.75) is 32.9 Å². The largest absolute Gasteiger partial charge is 0.497 e. The van der Waals surface area contributed by atoms with E-state index in [0.29, 0.717) is 23.8 Å². The van der Waals surface area contributed by atoms with Gasteiger partial charge >= 0.3 is 6.61 Å². The predicted molar refractivity (Wildman–Crippen MR) is 98.3 cm³/mol. The second kappa shape index (κ2) is 10.5. The Bertz CT molecular complexity index is 649. The summed E-state index contributed by atoms with van der Waals surface area (Å²) in [7, 11) is 1.49. The fourth-order valence-electron chi connectivity index (χ4n) is 2.76. The predicted octanol–water partition coefficient (Wildman–Crippen LogP) is 1.97. The Morgan fingerprint density at radius 2 is 2.04 bits per heavy atom. The highest BCUT2D eigenvalue weighted by molar-refractivity contribution is 5.86. The number of likely N-dealkylation sites (tertiary alicyclic amines) is 1. The van der Waals surface area contributed by atoms with Crippen LogP contribution in [0.2, 0.25) is 0 Å². The van der Waals surface area contributed by atoms with Crippen LogP contribution >= 0.6 is 0 Å². The van der Waals surface area contributed by atoms with E-state index >= 15 is 0 Å². The van der Waals surface area contributed by atoms with E-state index in [9.17, 15) is 13.6 Å². The van der Waals surface area contributed by atoms with Crippen molar-refractivity contribution < 1.29 is 23.0 Å². The van der Waals surface area contributed by atoms with Crippen LogP contribution in [0.1, 0.15) is 25.3 Å². The summed E-state index contributed by atoms with van der Waals surface area (Å²) in [5.41, 5.74) is 0.456. The third kappa shape index (κ3) is 6.58. The number of nitrogens with zero attached hydrogens (tertiary/aromatic N) is 2. The molecule has 1 heterocycles. The van der Waals surface area contributed by atoms with Crippen LogP contribution in [0, 0.1) is 0 Å². The summed E-state index contributed by atoms with van der Waals surface area (Å²) in [4.78, 5) is 18.3. The molecule has 0 aliphatic carbocycles. The summed E-state index contributed by atoms with van der Waals surface area (Å²) in [6.07, 6.45) is 2.06. The minimum Gasteiger partial charge on any atom is -0.497 e. The summed E-state index contributed by atoms with van der Waals surface area (Å²) >= 11 is 0. The van der Waals surface area contributed by atoms with Gasteiger partial charge in [-0.2, -0.15) is 8.78 Å². The lowest BCUT2D eigenvalue weighted by molar-refractivity contribution is -0.128. The smallest absolute Gasteiger partial charge is 0.387 e. The summed E-state index contributed by atoms with van der Waals surface area (Å²) in [5.74, 6) is 1.000. The van der Waals surface area contributed by atoms with Crippen LogP contribution in [0.3, 0.4) is 0 Å². The number of halogens is 2. The quantitative estimate of drug-likeness (QED) is 0.530. The first-order chi connectivity index (χ1) is 13.0. The number of methoxy groups -OCH3 is 1. The van der Waals surface area contributed by atoms with Gasteiger partial charge in [0.1, 0.15) is 11.5 Å². The third-order valence-corrected chi connectivity index (χ3v) is 4.10. The number of benzene rings is 1. The highest BCUT2D eigenvalue weighted by Crippen LogP contribution is 2.26.